The van der Waals surface area contributed by atoms with Crippen molar-refractivity contribution >= 4 is 0 Å². The Bertz CT molecular complexity index is 292. The van der Waals surface area contributed by atoms with Gasteiger partial charge in [-0.1, -0.05) is 6.07 Å². The van der Waals surface area contributed by atoms with E-state index >= 15 is 0 Å². The molecule has 0 aliphatic carbocycles. The van der Waals surface area contributed by atoms with Crippen molar-refractivity contribution in [2.75, 3.05) is 0 Å². The number of aryl methyl sites for hydroxylation is 2. The molecule has 0 spiro atoms. The van der Waals surface area contributed by atoms with Gasteiger partial charge in [-0.15, -0.1) is 0 Å². The second-order valence-corrected chi connectivity index (χ2v) is 3.25. The van der Waals surface area contributed by atoms with Gasteiger partial charge in [-0.2, -0.15) is 0 Å². The molecule has 66 valence electrons. The largest absolute Gasteiger partial charge is 0.324 e. The van der Waals surface area contributed by atoms with Crippen LogP contribution < -0.4 is 5.73 Å². The van der Waals surface area contributed by atoms with Crippen LogP contribution in [-0.2, 0) is 0 Å². The minimum atomic E-state index is -0.156. The van der Waals surface area contributed by atoms with E-state index in [-0.39, 0.29) is 11.9 Å². The molecule has 0 heterocycles. The van der Waals surface area contributed by atoms with Crippen molar-refractivity contribution in [2.24, 2.45) is 5.73 Å². The Kier molecular flexibility index (Phi) is 2.48. The van der Waals surface area contributed by atoms with Crippen molar-refractivity contribution in [3.63, 3.8) is 0 Å². The first-order chi connectivity index (χ1) is 5.52. The molecule has 0 aliphatic rings. The van der Waals surface area contributed by atoms with Crippen molar-refractivity contribution in [3.05, 3.63) is 34.6 Å². The summed E-state index contributed by atoms with van der Waals surface area (Å²) in [6.45, 7) is 5.53. The highest BCUT2D eigenvalue weighted by Gasteiger charge is 2.06. The van der Waals surface area contributed by atoms with Gasteiger partial charge >= 0.3 is 0 Å². The van der Waals surface area contributed by atoms with Gasteiger partial charge in [-0.3, -0.25) is 0 Å². The summed E-state index contributed by atoms with van der Waals surface area (Å²) in [7, 11) is 0. The number of hydrogen-bond acceptors (Lipinski definition) is 1. The number of benzene rings is 1. The summed E-state index contributed by atoms with van der Waals surface area (Å²) < 4.78 is 13.0. The van der Waals surface area contributed by atoms with E-state index in [1.165, 1.54) is 6.07 Å². The zero-order chi connectivity index (χ0) is 9.30. The summed E-state index contributed by atoms with van der Waals surface area (Å²) in [5.41, 5.74) is 8.32. The first-order valence-electron chi connectivity index (χ1n) is 4.04. The maximum absolute atomic E-state index is 13.0. The Labute approximate surface area is 72.4 Å². The van der Waals surface area contributed by atoms with Gasteiger partial charge < -0.3 is 5.73 Å². The maximum Gasteiger partial charge on any atom is 0.126 e. The van der Waals surface area contributed by atoms with Crippen LogP contribution in [0.4, 0.5) is 4.39 Å². The molecule has 12 heavy (non-hydrogen) atoms. The van der Waals surface area contributed by atoms with Crippen molar-refractivity contribution in [1.29, 1.82) is 0 Å². The van der Waals surface area contributed by atoms with Gasteiger partial charge in [0.2, 0.25) is 0 Å². The lowest BCUT2D eigenvalue weighted by molar-refractivity contribution is 0.614. The smallest absolute Gasteiger partial charge is 0.126 e. The van der Waals surface area contributed by atoms with Crippen LogP contribution in [0.3, 0.4) is 0 Å². The highest BCUT2D eigenvalue weighted by molar-refractivity contribution is 5.33. The van der Waals surface area contributed by atoms with Crippen LogP contribution >= 0.6 is 0 Å². The van der Waals surface area contributed by atoms with E-state index < -0.39 is 0 Å². The summed E-state index contributed by atoms with van der Waals surface area (Å²) in [6, 6.07) is 3.33. The van der Waals surface area contributed by atoms with E-state index in [0.29, 0.717) is 5.56 Å². The molecule has 0 fully saturated rings. The SMILES string of the molecule is Cc1cc(C(C)N)c(C)cc1F. The predicted octanol–water partition coefficient (Wildman–Crippen LogP) is 2.46. The van der Waals surface area contributed by atoms with Gasteiger partial charge in [0, 0.05) is 6.04 Å². The summed E-state index contributed by atoms with van der Waals surface area (Å²) in [4.78, 5) is 0. The molecular formula is C10H14FN. The lowest BCUT2D eigenvalue weighted by Crippen LogP contribution is -2.07. The predicted molar refractivity (Wildman–Crippen MR) is 48.5 cm³/mol. The lowest BCUT2D eigenvalue weighted by atomic mass is 10.0. The molecule has 2 heteroatoms. The molecule has 0 radical (unpaired) electrons. The fourth-order valence-electron chi connectivity index (χ4n) is 1.29. The molecule has 0 saturated heterocycles. The highest BCUT2D eigenvalue weighted by atomic mass is 19.1. The number of rotatable bonds is 1. The summed E-state index contributed by atoms with van der Waals surface area (Å²) in [6.07, 6.45) is 0. The fraction of sp³-hybridized carbons (Fsp3) is 0.400. The van der Waals surface area contributed by atoms with Crippen molar-refractivity contribution in [1.82, 2.24) is 0 Å². The third-order valence-electron chi connectivity index (χ3n) is 2.04. The molecule has 2 N–H and O–H groups in total. The molecule has 1 aromatic carbocycles. The molecule has 0 amide bonds. The molecule has 1 unspecified atom stereocenters. The first kappa shape index (κ1) is 9.20. The monoisotopic (exact) mass is 167 g/mol. The van der Waals surface area contributed by atoms with Gasteiger partial charge in [0.25, 0.3) is 0 Å². The molecule has 1 atom stereocenters. The maximum atomic E-state index is 13.0. The Morgan fingerprint density at radius 3 is 2.33 bits per heavy atom. The highest BCUT2D eigenvalue weighted by Crippen LogP contribution is 2.19. The van der Waals surface area contributed by atoms with Crippen LogP contribution in [0.1, 0.15) is 29.7 Å². The normalized spacial score (nSPS) is 13.1. The van der Waals surface area contributed by atoms with E-state index in [1.807, 2.05) is 19.9 Å². The topological polar surface area (TPSA) is 26.0 Å². The minimum absolute atomic E-state index is 0.0238. The van der Waals surface area contributed by atoms with Gasteiger partial charge in [0.15, 0.2) is 0 Å². The van der Waals surface area contributed by atoms with Crippen LogP contribution in [0.2, 0.25) is 0 Å². The quantitative estimate of drug-likeness (QED) is 0.683. The molecule has 1 nitrogen and oxygen atoms in total. The van der Waals surface area contributed by atoms with Crippen molar-refractivity contribution < 1.29 is 4.39 Å². The van der Waals surface area contributed by atoms with Gasteiger partial charge in [0.1, 0.15) is 5.82 Å². The van der Waals surface area contributed by atoms with Crippen LogP contribution in [0.5, 0.6) is 0 Å². The molecule has 0 aliphatic heterocycles. The molecule has 0 aromatic heterocycles. The average Bonchev–Trinajstić information content (AvgIpc) is 1.96. The second-order valence-electron chi connectivity index (χ2n) is 3.25. The van der Waals surface area contributed by atoms with E-state index in [9.17, 15) is 4.39 Å². The molecule has 1 aromatic rings. The third-order valence-corrected chi connectivity index (χ3v) is 2.04. The summed E-state index contributed by atoms with van der Waals surface area (Å²) >= 11 is 0. The van der Waals surface area contributed by atoms with Crippen molar-refractivity contribution in [2.45, 2.75) is 26.8 Å². The Balaban J connectivity index is 3.23. The van der Waals surface area contributed by atoms with Crippen LogP contribution in [0, 0.1) is 19.7 Å². The van der Waals surface area contributed by atoms with Crippen LogP contribution in [0.15, 0.2) is 12.1 Å². The van der Waals surface area contributed by atoms with Gasteiger partial charge in [-0.25, -0.2) is 4.39 Å². The van der Waals surface area contributed by atoms with E-state index in [1.54, 1.807) is 6.92 Å². The zero-order valence-electron chi connectivity index (χ0n) is 7.69. The van der Waals surface area contributed by atoms with Gasteiger partial charge in [0.05, 0.1) is 0 Å². The Morgan fingerprint density at radius 1 is 1.25 bits per heavy atom. The van der Waals surface area contributed by atoms with E-state index in [4.69, 9.17) is 5.73 Å². The van der Waals surface area contributed by atoms with Crippen LogP contribution in [-0.4, -0.2) is 0 Å². The molecule has 0 bridgehead atoms. The number of halogens is 1. The second kappa shape index (κ2) is 3.23. The minimum Gasteiger partial charge on any atom is -0.324 e. The fourth-order valence-corrected chi connectivity index (χ4v) is 1.29. The van der Waals surface area contributed by atoms with E-state index in [2.05, 4.69) is 0 Å². The Morgan fingerprint density at radius 2 is 1.83 bits per heavy atom. The number of hydrogen-bond donors (Lipinski definition) is 1. The zero-order valence-corrected chi connectivity index (χ0v) is 7.69. The average molecular weight is 167 g/mol. The number of nitrogens with two attached hydrogens (primary N) is 1. The van der Waals surface area contributed by atoms with Crippen molar-refractivity contribution in [3.8, 4) is 0 Å². The molecule has 0 saturated carbocycles. The summed E-state index contributed by atoms with van der Waals surface area (Å²) in [5.74, 6) is -0.156. The third kappa shape index (κ3) is 1.64. The van der Waals surface area contributed by atoms with Crippen LogP contribution in [0.25, 0.3) is 0 Å². The van der Waals surface area contributed by atoms with E-state index in [0.717, 1.165) is 11.1 Å². The standard InChI is InChI=1S/C10H14FN/c1-6-5-10(11)7(2)4-9(6)8(3)12/h4-5,8H,12H2,1-3H3. The Hall–Kier alpha value is -0.890. The lowest BCUT2D eigenvalue weighted by Gasteiger charge is -2.10. The van der Waals surface area contributed by atoms with Gasteiger partial charge in [-0.05, 0) is 43.5 Å². The summed E-state index contributed by atoms with van der Waals surface area (Å²) in [5, 5.41) is 0. The molecular weight excluding hydrogens is 153 g/mol. The molecule has 1 rings (SSSR count). The first-order valence-corrected chi connectivity index (χ1v) is 4.04.